The van der Waals surface area contributed by atoms with Crippen LogP contribution in [0, 0.1) is 0 Å². The fraction of sp³-hybridized carbons (Fsp3) is 0.400. The molecule has 98 valence electrons. The van der Waals surface area contributed by atoms with E-state index in [0.29, 0.717) is 0 Å². The first-order chi connectivity index (χ1) is 7.59. The Kier molecular flexibility index (Phi) is 7.70. The van der Waals surface area contributed by atoms with Gasteiger partial charge < -0.3 is 24.8 Å². The van der Waals surface area contributed by atoms with Gasteiger partial charge in [0.1, 0.15) is 0 Å². The first kappa shape index (κ1) is 18.1. The van der Waals surface area contributed by atoms with Crippen molar-refractivity contribution in [2.45, 2.75) is 40.5 Å². The second-order valence-electron chi connectivity index (χ2n) is 5.01. The second-order valence-corrected chi connectivity index (χ2v) is 9.75. The maximum Gasteiger partial charge on any atom is -1.00 e. The summed E-state index contributed by atoms with van der Waals surface area (Å²) < 4.78 is 5.17. The molecular weight excluding hydrogens is 299 g/mol. The van der Waals surface area contributed by atoms with Gasteiger partial charge in [0.15, 0.2) is 0 Å². The van der Waals surface area contributed by atoms with Crippen LogP contribution in [-0.4, -0.2) is 3.81 Å². The summed E-state index contributed by atoms with van der Waals surface area (Å²) in [6.45, 7) is 9.20. The monoisotopic (exact) mass is 318 g/mol. The van der Waals surface area contributed by atoms with Gasteiger partial charge in [0.2, 0.25) is 0 Å². The van der Waals surface area contributed by atoms with E-state index in [1.807, 2.05) is 0 Å². The number of allylic oxidation sites excluding steroid dienone is 8. The molecule has 0 aromatic rings. The molecule has 2 rings (SSSR count). The summed E-state index contributed by atoms with van der Waals surface area (Å²) in [6.07, 6.45) is 11.8. The van der Waals surface area contributed by atoms with E-state index in [0.717, 1.165) is 0 Å². The molecule has 18 heavy (non-hydrogen) atoms. The summed E-state index contributed by atoms with van der Waals surface area (Å²) in [4.78, 5) is 0. The molecule has 0 aliphatic heterocycles. The van der Waals surface area contributed by atoms with Gasteiger partial charge in [0, 0.05) is 0 Å². The maximum atomic E-state index is 2.47. The summed E-state index contributed by atoms with van der Waals surface area (Å²) in [5.74, 6) is 0. The van der Waals surface area contributed by atoms with Gasteiger partial charge in [-0.2, -0.15) is 0 Å². The Morgan fingerprint density at radius 3 is 2.17 bits per heavy atom. The third-order valence-electron chi connectivity index (χ3n) is 3.43. The number of hydrogen-bond donors (Lipinski definition) is 0. The Morgan fingerprint density at radius 2 is 1.78 bits per heavy atom. The van der Waals surface area contributed by atoms with Crippen LogP contribution in [0.2, 0.25) is 0 Å². The number of hydrogen-bond acceptors (Lipinski definition) is 0. The van der Waals surface area contributed by atoms with Crippen molar-refractivity contribution < 1.29 is 42.2 Å². The maximum absolute atomic E-state index is 2.47. The zero-order chi connectivity index (χ0) is 11.7. The van der Waals surface area contributed by atoms with Crippen molar-refractivity contribution in [3.05, 3.63) is 43.2 Å². The predicted octanol–water partition coefficient (Wildman–Crippen LogP) is -1.71. The van der Waals surface area contributed by atoms with E-state index in [2.05, 4.69) is 52.0 Å². The van der Waals surface area contributed by atoms with Crippen molar-refractivity contribution in [1.29, 1.82) is 0 Å². The molecule has 0 aromatic heterocycles. The van der Waals surface area contributed by atoms with Crippen molar-refractivity contribution in [3.8, 4) is 0 Å². The van der Waals surface area contributed by atoms with Crippen LogP contribution in [0.3, 0.4) is 0 Å². The normalized spacial score (nSPS) is 16.4. The van der Waals surface area contributed by atoms with Crippen molar-refractivity contribution >= 4 is 3.81 Å². The summed E-state index contributed by atoms with van der Waals surface area (Å²) in [5.41, 5.74) is 3.08. The Labute approximate surface area is 129 Å². The number of rotatable bonds is 2. The van der Waals surface area contributed by atoms with Crippen LogP contribution < -0.4 is 24.8 Å². The molecule has 0 radical (unpaired) electrons. The Hall–Kier alpha value is 0.124. The van der Waals surface area contributed by atoms with E-state index in [1.165, 1.54) is 18.4 Å². The molecule has 0 aromatic carbocycles. The molecule has 0 nitrogen and oxygen atoms in total. The summed E-state index contributed by atoms with van der Waals surface area (Å²) >= 11 is -1.26. The van der Waals surface area contributed by atoms with E-state index in [1.54, 1.807) is 17.1 Å². The van der Waals surface area contributed by atoms with Crippen molar-refractivity contribution in [2.24, 2.45) is 0 Å². The first-order valence-electron chi connectivity index (χ1n) is 6.00. The average Bonchev–Trinajstić information content (AvgIpc) is 2.79. The van der Waals surface area contributed by atoms with Crippen molar-refractivity contribution in [2.75, 3.05) is 0 Å². The van der Waals surface area contributed by atoms with Gasteiger partial charge in [-0.25, -0.2) is 0 Å². The number of halogens is 2. The van der Waals surface area contributed by atoms with Crippen LogP contribution >= 0.6 is 0 Å². The molecule has 2 aliphatic rings. The van der Waals surface area contributed by atoms with Crippen molar-refractivity contribution in [3.63, 3.8) is 0 Å². The summed E-state index contributed by atoms with van der Waals surface area (Å²) in [5, 5.41) is 0. The predicted molar refractivity (Wildman–Crippen MR) is 69.3 cm³/mol. The molecular formula is C15H20Cl2Ti. The van der Waals surface area contributed by atoms with E-state index in [9.17, 15) is 0 Å². The Bertz CT molecular complexity index is 473. The van der Waals surface area contributed by atoms with Gasteiger partial charge >= 0.3 is 105 Å². The minimum atomic E-state index is -1.26. The molecule has 0 fully saturated rings. The SMILES string of the molecule is CC1=C(C)C[C]([Ti+2]([C]2=CC=CC2)=[C](C)C)=C1.[Cl-].[Cl-]. The van der Waals surface area contributed by atoms with Gasteiger partial charge in [0.25, 0.3) is 0 Å². The molecule has 3 heteroatoms. The van der Waals surface area contributed by atoms with Crippen LogP contribution in [-0.2, 0) is 17.4 Å². The molecule has 0 amide bonds. The molecule has 0 spiro atoms. The minimum absolute atomic E-state index is 0. The van der Waals surface area contributed by atoms with Crippen LogP contribution in [0.4, 0.5) is 0 Å². The van der Waals surface area contributed by atoms with Crippen LogP contribution in [0.25, 0.3) is 0 Å². The van der Waals surface area contributed by atoms with Gasteiger partial charge in [0.05, 0.1) is 0 Å². The van der Waals surface area contributed by atoms with Crippen LogP contribution in [0.15, 0.2) is 43.2 Å². The summed E-state index contributed by atoms with van der Waals surface area (Å²) in [6, 6.07) is 0. The van der Waals surface area contributed by atoms with Gasteiger partial charge in [-0.05, 0) is 0 Å². The zero-order valence-corrected chi connectivity index (χ0v) is 14.6. The summed E-state index contributed by atoms with van der Waals surface area (Å²) in [7, 11) is 0. The molecule has 0 N–H and O–H groups in total. The third kappa shape index (κ3) is 3.81. The average molecular weight is 319 g/mol. The quantitative estimate of drug-likeness (QED) is 0.532. The van der Waals surface area contributed by atoms with Gasteiger partial charge in [-0.15, -0.1) is 0 Å². The third-order valence-corrected chi connectivity index (χ3v) is 8.08. The van der Waals surface area contributed by atoms with Gasteiger partial charge in [-0.3, -0.25) is 0 Å². The second kappa shape index (κ2) is 7.65. The molecule has 0 unspecified atom stereocenters. The molecule has 0 saturated carbocycles. The molecule has 2 aliphatic carbocycles. The van der Waals surface area contributed by atoms with E-state index < -0.39 is 17.4 Å². The molecule has 0 atom stereocenters. The van der Waals surface area contributed by atoms with E-state index in [-0.39, 0.29) is 24.8 Å². The van der Waals surface area contributed by atoms with Gasteiger partial charge in [-0.1, -0.05) is 0 Å². The largest absolute Gasteiger partial charge is 1.00 e. The standard InChI is InChI=1S/C7H9.C5H5.C3H6.2ClH.Ti/c1-6-4-3-5-7(6)2;1-2-4-5-3-1;1-3-2;;;/h4H,5H2,1-2H3;1-3H,4H2;1-2H3;2*1H;/q;;;;;+2/p-2. The van der Waals surface area contributed by atoms with E-state index >= 15 is 0 Å². The fourth-order valence-electron chi connectivity index (χ4n) is 2.50. The topological polar surface area (TPSA) is 0 Å². The first-order valence-corrected chi connectivity index (χ1v) is 8.34. The minimum Gasteiger partial charge on any atom is -1.00 e. The molecule has 0 bridgehead atoms. The van der Waals surface area contributed by atoms with Crippen molar-refractivity contribution in [1.82, 2.24) is 0 Å². The fourth-order valence-corrected chi connectivity index (χ4v) is 7.32. The van der Waals surface area contributed by atoms with Crippen LogP contribution in [0.1, 0.15) is 40.5 Å². The van der Waals surface area contributed by atoms with Crippen LogP contribution in [0.5, 0.6) is 0 Å². The molecule has 0 heterocycles. The Morgan fingerprint density at radius 1 is 1.11 bits per heavy atom. The Balaban J connectivity index is 0.00000144. The smallest absolute Gasteiger partial charge is 1.00 e. The zero-order valence-electron chi connectivity index (χ0n) is 11.5. The molecule has 0 saturated heterocycles. The van der Waals surface area contributed by atoms with E-state index in [4.69, 9.17) is 0 Å².